The van der Waals surface area contributed by atoms with Crippen molar-refractivity contribution in [3.8, 4) is 11.4 Å². The van der Waals surface area contributed by atoms with Gasteiger partial charge in [0.15, 0.2) is 0 Å². The molecule has 2 aromatic heterocycles. The quantitative estimate of drug-likeness (QED) is 0.742. The molecule has 0 saturated heterocycles. The molecule has 2 nitrogen and oxygen atoms in total. The fourth-order valence-electron chi connectivity index (χ4n) is 1.05. The van der Waals surface area contributed by atoms with Crippen molar-refractivity contribution in [2.45, 2.75) is 0 Å². The zero-order chi connectivity index (χ0) is 9.97. The smallest absolute Gasteiger partial charge is 0.0887 e. The molecule has 0 aromatic carbocycles. The molecule has 0 spiro atoms. The first-order valence-corrected chi connectivity index (χ1v) is 4.75. The standard InChI is InChI=1S/C10H6Cl2N2/c11-7-1-3-9(13-5-7)10-4-2-8(12)6-14-10/h1-6H. The van der Waals surface area contributed by atoms with Crippen molar-refractivity contribution in [3.63, 3.8) is 0 Å². The van der Waals surface area contributed by atoms with Crippen molar-refractivity contribution in [2.75, 3.05) is 0 Å². The summed E-state index contributed by atoms with van der Waals surface area (Å²) < 4.78 is 0. The van der Waals surface area contributed by atoms with Crippen LogP contribution < -0.4 is 0 Å². The summed E-state index contributed by atoms with van der Waals surface area (Å²) in [5.74, 6) is 0. The number of rotatable bonds is 1. The Labute approximate surface area is 91.5 Å². The van der Waals surface area contributed by atoms with E-state index in [1.54, 1.807) is 24.5 Å². The number of nitrogens with zero attached hydrogens (tertiary/aromatic N) is 2. The van der Waals surface area contributed by atoms with E-state index in [1.165, 1.54) is 0 Å². The highest BCUT2D eigenvalue weighted by atomic mass is 35.5. The zero-order valence-electron chi connectivity index (χ0n) is 7.11. The first-order chi connectivity index (χ1) is 6.75. The van der Waals surface area contributed by atoms with E-state index in [1.807, 2.05) is 12.1 Å². The van der Waals surface area contributed by atoms with Gasteiger partial charge < -0.3 is 0 Å². The predicted octanol–water partition coefficient (Wildman–Crippen LogP) is 3.45. The van der Waals surface area contributed by atoms with E-state index >= 15 is 0 Å². The molecule has 0 aliphatic heterocycles. The van der Waals surface area contributed by atoms with Gasteiger partial charge in [0.1, 0.15) is 0 Å². The van der Waals surface area contributed by atoms with Crippen LogP contribution in [0.5, 0.6) is 0 Å². The summed E-state index contributed by atoms with van der Waals surface area (Å²) >= 11 is 11.4. The van der Waals surface area contributed by atoms with Crippen molar-refractivity contribution >= 4 is 23.2 Å². The lowest BCUT2D eigenvalue weighted by atomic mass is 10.2. The van der Waals surface area contributed by atoms with Crippen molar-refractivity contribution < 1.29 is 0 Å². The van der Waals surface area contributed by atoms with Crippen LogP contribution in [0.1, 0.15) is 0 Å². The molecule has 0 N–H and O–H groups in total. The Balaban J connectivity index is 2.40. The van der Waals surface area contributed by atoms with Gasteiger partial charge in [-0.15, -0.1) is 0 Å². The fourth-order valence-corrected chi connectivity index (χ4v) is 1.28. The van der Waals surface area contributed by atoms with Gasteiger partial charge in [-0.05, 0) is 24.3 Å². The number of halogens is 2. The number of hydrogen-bond donors (Lipinski definition) is 0. The highest BCUT2D eigenvalue weighted by Gasteiger charge is 1.99. The molecule has 0 atom stereocenters. The molecular weight excluding hydrogens is 219 g/mol. The van der Waals surface area contributed by atoms with Crippen molar-refractivity contribution in [1.29, 1.82) is 0 Å². The van der Waals surface area contributed by atoms with Gasteiger partial charge in [-0.3, -0.25) is 9.97 Å². The van der Waals surface area contributed by atoms with Gasteiger partial charge in [-0.2, -0.15) is 0 Å². The lowest BCUT2D eigenvalue weighted by Gasteiger charge is -1.99. The van der Waals surface area contributed by atoms with Crippen LogP contribution in [0.4, 0.5) is 0 Å². The molecule has 0 unspecified atom stereocenters. The van der Waals surface area contributed by atoms with Crippen LogP contribution in [0.15, 0.2) is 36.7 Å². The minimum absolute atomic E-state index is 0.614. The molecule has 0 saturated carbocycles. The van der Waals surface area contributed by atoms with E-state index in [0.717, 1.165) is 11.4 Å². The zero-order valence-corrected chi connectivity index (χ0v) is 8.63. The lowest BCUT2D eigenvalue weighted by Crippen LogP contribution is -1.85. The molecule has 70 valence electrons. The van der Waals surface area contributed by atoms with E-state index in [0.29, 0.717) is 10.0 Å². The molecule has 2 heterocycles. The van der Waals surface area contributed by atoms with Gasteiger partial charge >= 0.3 is 0 Å². The fraction of sp³-hybridized carbons (Fsp3) is 0. The summed E-state index contributed by atoms with van der Waals surface area (Å²) in [6.45, 7) is 0. The van der Waals surface area contributed by atoms with Crippen molar-refractivity contribution in [2.24, 2.45) is 0 Å². The lowest BCUT2D eigenvalue weighted by molar-refractivity contribution is 1.25. The van der Waals surface area contributed by atoms with Crippen LogP contribution in [0.25, 0.3) is 11.4 Å². The second-order valence-electron chi connectivity index (χ2n) is 2.72. The Bertz CT molecular complexity index is 379. The molecule has 0 bridgehead atoms. The first-order valence-electron chi connectivity index (χ1n) is 3.99. The molecule has 0 amide bonds. The van der Waals surface area contributed by atoms with Crippen LogP contribution in [0.3, 0.4) is 0 Å². The summed E-state index contributed by atoms with van der Waals surface area (Å²) in [4.78, 5) is 8.28. The van der Waals surface area contributed by atoms with Crippen LogP contribution in [-0.4, -0.2) is 9.97 Å². The second kappa shape index (κ2) is 3.95. The number of pyridine rings is 2. The number of hydrogen-bond acceptors (Lipinski definition) is 2. The molecule has 0 fully saturated rings. The average Bonchev–Trinajstić information content (AvgIpc) is 2.21. The van der Waals surface area contributed by atoms with E-state index < -0.39 is 0 Å². The molecule has 2 aromatic rings. The third kappa shape index (κ3) is 2.03. The average molecular weight is 225 g/mol. The van der Waals surface area contributed by atoms with Gasteiger partial charge in [0, 0.05) is 12.4 Å². The summed E-state index contributed by atoms with van der Waals surface area (Å²) in [6.07, 6.45) is 3.18. The molecule has 0 aliphatic carbocycles. The largest absolute Gasteiger partial charge is 0.253 e. The highest BCUT2D eigenvalue weighted by molar-refractivity contribution is 6.30. The van der Waals surface area contributed by atoms with Crippen LogP contribution >= 0.6 is 23.2 Å². The molecular formula is C10H6Cl2N2. The van der Waals surface area contributed by atoms with Crippen LogP contribution in [0, 0.1) is 0 Å². The maximum atomic E-state index is 5.72. The SMILES string of the molecule is Clc1ccc(-c2ccc(Cl)cn2)nc1. The summed E-state index contributed by atoms with van der Waals surface area (Å²) in [5, 5.41) is 1.23. The van der Waals surface area contributed by atoms with Crippen LogP contribution in [-0.2, 0) is 0 Å². The van der Waals surface area contributed by atoms with Gasteiger partial charge in [0.25, 0.3) is 0 Å². The molecule has 0 aliphatic rings. The molecule has 0 radical (unpaired) electrons. The van der Waals surface area contributed by atoms with Gasteiger partial charge in [0.05, 0.1) is 21.4 Å². The van der Waals surface area contributed by atoms with Crippen molar-refractivity contribution in [1.82, 2.24) is 9.97 Å². The summed E-state index contributed by atoms with van der Waals surface area (Å²) in [6, 6.07) is 7.19. The Morgan fingerprint density at radius 1 is 0.714 bits per heavy atom. The van der Waals surface area contributed by atoms with E-state index in [4.69, 9.17) is 23.2 Å². The Morgan fingerprint density at radius 2 is 1.14 bits per heavy atom. The minimum Gasteiger partial charge on any atom is -0.253 e. The third-order valence-corrected chi connectivity index (χ3v) is 2.16. The van der Waals surface area contributed by atoms with E-state index in [2.05, 4.69) is 9.97 Å². The highest BCUT2D eigenvalue weighted by Crippen LogP contribution is 2.17. The first kappa shape index (κ1) is 9.44. The monoisotopic (exact) mass is 224 g/mol. The van der Waals surface area contributed by atoms with Gasteiger partial charge in [0.2, 0.25) is 0 Å². The van der Waals surface area contributed by atoms with Gasteiger partial charge in [-0.25, -0.2) is 0 Å². The Kier molecular flexibility index (Phi) is 2.66. The summed E-state index contributed by atoms with van der Waals surface area (Å²) in [5.41, 5.74) is 1.57. The Morgan fingerprint density at radius 3 is 1.43 bits per heavy atom. The minimum atomic E-state index is 0.614. The normalized spacial score (nSPS) is 10.1. The van der Waals surface area contributed by atoms with Gasteiger partial charge in [-0.1, -0.05) is 23.2 Å². The maximum Gasteiger partial charge on any atom is 0.0887 e. The number of aromatic nitrogens is 2. The van der Waals surface area contributed by atoms with Crippen LogP contribution in [0.2, 0.25) is 10.0 Å². The van der Waals surface area contributed by atoms with E-state index in [-0.39, 0.29) is 0 Å². The Hall–Kier alpha value is -1.12. The molecule has 4 heteroatoms. The van der Waals surface area contributed by atoms with Crippen molar-refractivity contribution in [3.05, 3.63) is 46.7 Å². The topological polar surface area (TPSA) is 25.8 Å². The second-order valence-corrected chi connectivity index (χ2v) is 3.60. The molecule has 14 heavy (non-hydrogen) atoms. The summed E-state index contributed by atoms with van der Waals surface area (Å²) in [7, 11) is 0. The predicted molar refractivity (Wildman–Crippen MR) is 57.5 cm³/mol. The maximum absolute atomic E-state index is 5.72. The third-order valence-electron chi connectivity index (χ3n) is 1.72. The van der Waals surface area contributed by atoms with E-state index in [9.17, 15) is 0 Å². The molecule has 2 rings (SSSR count).